The largest absolute Gasteiger partial charge is 0.480 e. The van der Waals surface area contributed by atoms with E-state index in [-0.39, 0.29) is 11.6 Å². The van der Waals surface area contributed by atoms with Crippen LogP contribution in [0.25, 0.3) is 11.3 Å². The minimum atomic E-state index is -1.06. The quantitative estimate of drug-likeness (QED) is 0.756. The highest BCUT2D eigenvalue weighted by Gasteiger charge is 2.26. The molecule has 2 rings (SSSR count). The number of nitrogens with one attached hydrogen (secondary N) is 2. The Morgan fingerprint density at radius 2 is 2.09 bits per heavy atom. The van der Waals surface area contributed by atoms with E-state index in [4.69, 9.17) is 11.6 Å². The molecule has 2 atom stereocenters. The zero-order valence-corrected chi connectivity index (χ0v) is 13.6. The van der Waals surface area contributed by atoms with Crippen molar-refractivity contribution in [2.24, 2.45) is 5.92 Å². The Hall–Kier alpha value is -2.34. The lowest BCUT2D eigenvalue weighted by Gasteiger charge is -2.19. The molecule has 1 heterocycles. The van der Waals surface area contributed by atoms with Crippen LogP contribution in [0.2, 0.25) is 5.02 Å². The van der Waals surface area contributed by atoms with E-state index < -0.39 is 17.9 Å². The van der Waals surface area contributed by atoms with Gasteiger partial charge in [0, 0.05) is 5.56 Å². The van der Waals surface area contributed by atoms with Crippen molar-refractivity contribution in [2.45, 2.75) is 26.3 Å². The number of carboxylic acids is 1. The first-order valence-electron chi connectivity index (χ1n) is 7.28. The minimum Gasteiger partial charge on any atom is -0.480 e. The number of carboxylic acid groups (broad SMARTS) is 1. The second kappa shape index (κ2) is 7.28. The fourth-order valence-electron chi connectivity index (χ4n) is 2.15. The molecular weight excluding hydrogens is 318 g/mol. The molecule has 0 bridgehead atoms. The summed E-state index contributed by atoms with van der Waals surface area (Å²) in [5.41, 5.74) is 1.41. The molecule has 0 aliphatic carbocycles. The summed E-state index contributed by atoms with van der Waals surface area (Å²) in [6.45, 7) is 3.65. The standard InChI is InChI=1S/C16H18ClN3O3/c1-3-9(2)14(16(22)23)18-15(21)13-8-12(19-20-13)10-6-4-5-7-11(10)17/h4-9,14H,3H2,1-2H3,(H,18,21)(H,19,20)(H,22,23)/t9-,14-/m0/s1. The molecule has 23 heavy (non-hydrogen) atoms. The van der Waals surface area contributed by atoms with E-state index in [1.165, 1.54) is 0 Å². The smallest absolute Gasteiger partial charge is 0.326 e. The Balaban J connectivity index is 2.18. The number of H-pyrrole nitrogens is 1. The number of halogens is 1. The maximum atomic E-state index is 12.2. The molecule has 0 saturated heterocycles. The van der Waals surface area contributed by atoms with Gasteiger partial charge in [0.1, 0.15) is 11.7 Å². The van der Waals surface area contributed by atoms with Gasteiger partial charge in [-0.3, -0.25) is 9.89 Å². The summed E-state index contributed by atoms with van der Waals surface area (Å²) in [5.74, 6) is -1.75. The number of aromatic nitrogens is 2. The molecular formula is C16H18ClN3O3. The van der Waals surface area contributed by atoms with E-state index in [2.05, 4.69) is 15.5 Å². The molecule has 0 spiro atoms. The van der Waals surface area contributed by atoms with Crippen molar-refractivity contribution < 1.29 is 14.7 Å². The second-order valence-electron chi connectivity index (χ2n) is 5.32. The molecule has 6 nitrogen and oxygen atoms in total. The van der Waals surface area contributed by atoms with E-state index in [0.29, 0.717) is 22.7 Å². The van der Waals surface area contributed by atoms with Crippen LogP contribution >= 0.6 is 11.6 Å². The van der Waals surface area contributed by atoms with Gasteiger partial charge < -0.3 is 10.4 Å². The molecule has 0 aliphatic heterocycles. The van der Waals surface area contributed by atoms with Crippen LogP contribution in [0.3, 0.4) is 0 Å². The topological polar surface area (TPSA) is 95.1 Å². The van der Waals surface area contributed by atoms with Crippen LogP contribution in [0, 0.1) is 5.92 Å². The average Bonchev–Trinajstić information content (AvgIpc) is 3.01. The van der Waals surface area contributed by atoms with Crippen LogP contribution in [0.4, 0.5) is 0 Å². The minimum absolute atomic E-state index is 0.178. The lowest BCUT2D eigenvalue weighted by molar-refractivity contribution is -0.140. The zero-order chi connectivity index (χ0) is 17.0. The predicted molar refractivity (Wildman–Crippen MR) is 87.4 cm³/mol. The van der Waals surface area contributed by atoms with Gasteiger partial charge in [-0.25, -0.2) is 4.79 Å². The number of amides is 1. The van der Waals surface area contributed by atoms with Crippen molar-refractivity contribution in [3.05, 3.63) is 41.0 Å². The van der Waals surface area contributed by atoms with Gasteiger partial charge in [0.2, 0.25) is 0 Å². The molecule has 1 amide bonds. The lowest BCUT2D eigenvalue weighted by Crippen LogP contribution is -2.45. The first-order valence-corrected chi connectivity index (χ1v) is 7.65. The summed E-state index contributed by atoms with van der Waals surface area (Å²) < 4.78 is 0. The van der Waals surface area contributed by atoms with Crippen molar-refractivity contribution in [2.75, 3.05) is 0 Å². The number of rotatable bonds is 6. The van der Waals surface area contributed by atoms with Crippen molar-refractivity contribution in [1.29, 1.82) is 0 Å². The van der Waals surface area contributed by atoms with Gasteiger partial charge in [0.05, 0.1) is 10.7 Å². The maximum Gasteiger partial charge on any atom is 0.326 e. The summed E-state index contributed by atoms with van der Waals surface area (Å²) >= 11 is 6.10. The molecule has 1 aromatic heterocycles. The Morgan fingerprint density at radius 1 is 1.39 bits per heavy atom. The van der Waals surface area contributed by atoms with Crippen LogP contribution in [0.5, 0.6) is 0 Å². The SMILES string of the molecule is CC[C@H](C)[C@H](NC(=O)c1cc(-c2ccccc2Cl)n[nH]1)C(=O)O. The van der Waals surface area contributed by atoms with Crippen LogP contribution in [0.1, 0.15) is 30.8 Å². The Kier molecular flexibility index (Phi) is 5.39. The normalized spacial score (nSPS) is 13.3. The number of hydrogen-bond acceptors (Lipinski definition) is 3. The summed E-state index contributed by atoms with van der Waals surface area (Å²) in [7, 11) is 0. The molecule has 0 fully saturated rings. The molecule has 0 radical (unpaired) electrons. The molecule has 122 valence electrons. The van der Waals surface area contributed by atoms with E-state index in [1.807, 2.05) is 13.0 Å². The van der Waals surface area contributed by atoms with E-state index >= 15 is 0 Å². The molecule has 0 saturated carbocycles. The highest BCUT2D eigenvalue weighted by Crippen LogP contribution is 2.26. The molecule has 0 aliphatic rings. The summed E-state index contributed by atoms with van der Waals surface area (Å²) in [6.07, 6.45) is 0.644. The van der Waals surface area contributed by atoms with Gasteiger partial charge in [-0.1, -0.05) is 50.1 Å². The summed E-state index contributed by atoms with van der Waals surface area (Å²) in [4.78, 5) is 23.5. The Morgan fingerprint density at radius 3 is 2.70 bits per heavy atom. The third-order valence-electron chi connectivity index (χ3n) is 3.74. The molecule has 7 heteroatoms. The first kappa shape index (κ1) is 17.0. The third kappa shape index (κ3) is 3.90. The monoisotopic (exact) mass is 335 g/mol. The van der Waals surface area contributed by atoms with Crippen molar-refractivity contribution in [1.82, 2.24) is 15.5 Å². The third-order valence-corrected chi connectivity index (χ3v) is 4.07. The Labute approximate surface area is 138 Å². The van der Waals surface area contributed by atoms with Crippen LogP contribution in [-0.4, -0.2) is 33.2 Å². The highest BCUT2D eigenvalue weighted by atomic mass is 35.5. The number of aromatic amines is 1. The summed E-state index contributed by atoms with van der Waals surface area (Å²) in [6, 6.07) is 7.74. The van der Waals surface area contributed by atoms with Gasteiger partial charge in [-0.05, 0) is 18.1 Å². The zero-order valence-electron chi connectivity index (χ0n) is 12.8. The molecule has 0 unspecified atom stereocenters. The Bertz CT molecular complexity index is 714. The van der Waals surface area contributed by atoms with Crippen molar-refractivity contribution in [3.63, 3.8) is 0 Å². The summed E-state index contributed by atoms with van der Waals surface area (Å²) in [5, 5.41) is 19.0. The van der Waals surface area contributed by atoms with Gasteiger partial charge in [0.25, 0.3) is 5.91 Å². The fraction of sp³-hybridized carbons (Fsp3) is 0.312. The van der Waals surface area contributed by atoms with Crippen molar-refractivity contribution >= 4 is 23.5 Å². The predicted octanol–water partition coefficient (Wildman–Crippen LogP) is 2.96. The van der Waals surface area contributed by atoms with E-state index in [9.17, 15) is 14.7 Å². The molecule has 1 aromatic carbocycles. The van der Waals surface area contributed by atoms with Crippen LogP contribution in [0.15, 0.2) is 30.3 Å². The first-order chi connectivity index (χ1) is 10.9. The van der Waals surface area contributed by atoms with Crippen molar-refractivity contribution in [3.8, 4) is 11.3 Å². The van der Waals surface area contributed by atoms with Gasteiger partial charge in [0.15, 0.2) is 0 Å². The lowest BCUT2D eigenvalue weighted by atomic mass is 9.99. The van der Waals surface area contributed by atoms with Gasteiger partial charge >= 0.3 is 5.97 Å². The second-order valence-corrected chi connectivity index (χ2v) is 5.73. The number of carbonyl (C=O) groups is 2. The average molecular weight is 336 g/mol. The fourth-order valence-corrected chi connectivity index (χ4v) is 2.38. The van der Waals surface area contributed by atoms with Crippen LogP contribution in [-0.2, 0) is 4.79 Å². The van der Waals surface area contributed by atoms with Crippen LogP contribution < -0.4 is 5.32 Å². The molecule has 3 N–H and O–H groups in total. The number of hydrogen-bond donors (Lipinski definition) is 3. The number of aliphatic carboxylic acids is 1. The highest BCUT2D eigenvalue weighted by molar-refractivity contribution is 6.33. The van der Waals surface area contributed by atoms with E-state index in [1.54, 1.807) is 31.2 Å². The molecule has 2 aromatic rings. The van der Waals surface area contributed by atoms with Gasteiger partial charge in [-0.2, -0.15) is 5.10 Å². The van der Waals surface area contributed by atoms with Gasteiger partial charge in [-0.15, -0.1) is 0 Å². The number of benzene rings is 1. The number of nitrogens with zero attached hydrogens (tertiary/aromatic N) is 1. The van der Waals surface area contributed by atoms with E-state index in [0.717, 1.165) is 0 Å². The maximum absolute atomic E-state index is 12.2. The number of carbonyl (C=O) groups excluding carboxylic acids is 1.